The maximum Gasteiger partial charge on any atom is 0.307 e. The van der Waals surface area contributed by atoms with E-state index < -0.39 is 5.97 Å². The zero-order chi connectivity index (χ0) is 23.8. The van der Waals surface area contributed by atoms with E-state index in [1.807, 2.05) is 24.4 Å². The fraction of sp³-hybridized carbons (Fsp3) is 0.357. The summed E-state index contributed by atoms with van der Waals surface area (Å²) in [4.78, 5) is 15.6. The lowest BCUT2D eigenvalue weighted by Crippen LogP contribution is -2.30. The summed E-state index contributed by atoms with van der Waals surface area (Å²) >= 11 is 0. The number of aliphatic carboxylic acids is 1. The highest BCUT2D eigenvalue weighted by atomic mass is 19.1. The van der Waals surface area contributed by atoms with Crippen molar-refractivity contribution >= 4 is 5.97 Å². The van der Waals surface area contributed by atoms with Gasteiger partial charge in [-0.15, -0.1) is 0 Å². The first-order valence-electron chi connectivity index (χ1n) is 11.8. The molecular weight excluding hydrogens is 431 g/mol. The standard InChI is InChI=1S/C28H29FN2O3/c1-16(30-14-17-6-10-26(31-15-17)23-13-24(23)28(32)33)19-8-9-22-20(4-3-5-21(19)22)18-7-11-27(34-2)25(29)12-18/h3-7,10-12,15-16,19,23-24,30H,8-9,13-14H2,1-2H3,(H,32,33)/t16-,19?,23-,24-/m1/s1. The number of carbonyl (C=O) groups is 1. The van der Waals surface area contributed by atoms with Gasteiger partial charge in [-0.25, -0.2) is 4.39 Å². The van der Waals surface area contributed by atoms with Crippen LogP contribution in [0, 0.1) is 11.7 Å². The average molecular weight is 461 g/mol. The van der Waals surface area contributed by atoms with Crippen molar-refractivity contribution in [2.45, 2.75) is 50.6 Å². The number of pyridine rings is 1. The molecule has 34 heavy (non-hydrogen) atoms. The number of carboxylic acid groups (broad SMARTS) is 1. The Hall–Kier alpha value is -3.25. The third-order valence-corrected chi connectivity index (χ3v) is 7.35. The summed E-state index contributed by atoms with van der Waals surface area (Å²) in [6, 6.07) is 15.8. The monoisotopic (exact) mass is 460 g/mol. The summed E-state index contributed by atoms with van der Waals surface area (Å²) in [6.45, 7) is 2.92. The van der Waals surface area contributed by atoms with Crippen LogP contribution in [-0.2, 0) is 17.8 Å². The van der Waals surface area contributed by atoms with Crippen molar-refractivity contribution in [1.29, 1.82) is 0 Å². The van der Waals surface area contributed by atoms with E-state index in [1.165, 1.54) is 18.2 Å². The number of rotatable bonds is 8. The summed E-state index contributed by atoms with van der Waals surface area (Å²) in [5, 5.41) is 12.8. The maximum atomic E-state index is 14.3. The topological polar surface area (TPSA) is 71.5 Å². The molecule has 4 atom stereocenters. The highest BCUT2D eigenvalue weighted by molar-refractivity contribution is 5.75. The normalized spacial score (nSPS) is 21.7. The number of methoxy groups -OCH3 is 1. The van der Waals surface area contributed by atoms with Crippen molar-refractivity contribution < 1.29 is 19.0 Å². The highest BCUT2D eigenvalue weighted by Gasteiger charge is 2.45. The molecule has 0 radical (unpaired) electrons. The highest BCUT2D eigenvalue weighted by Crippen LogP contribution is 2.46. The number of nitrogens with one attached hydrogen (secondary N) is 1. The van der Waals surface area contributed by atoms with Crippen molar-refractivity contribution in [1.82, 2.24) is 10.3 Å². The van der Waals surface area contributed by atoms with Crippen molar-refractivity contribution in [2.24, 2.45) is 5.92 Å². The van der Waals surface area contributed by atoms with Gasteiger partial charge in [0, 0.05) is 30.4 Å². The van der Waals surface area contributed by atoms with Crippen LogP contribution in [-0.4, -0.2) is 29.2 Å². The number of fused-ring (bicyclic) bond motifs is 1. The molecule has 2 aliphatic rings. The second kappa shape index (κ2) is 9.18. The Balaban J connectivity index is 1.26. The minimum absolute atomic E-state index is 0.0572. The van der Waals surface area contributed by atoms with Gasteiger partial charge in [0.05, 0.1) is 13.0 Å². The van der Waals surface area contributed by atoms with Gasteiger partial charge in [-0.3, -0.25) is 9.78 Å². The first-order chi connectivity index (χ1) is 16.5. The summed E-state index contributed by atoms with van der Waals surface area (Å²) in [5.41, 5.74) is 6.56. The Labute approximate surface area is 199 Å². The van der Waals surface area contributed by atoms with E-state index in [9.17, 15) is 9.18 Å². The molecule has 0 aliphatic heterocycles. The number of hydrogen-bond donors (Lipinski definition) is 2. The van der Waals surface area contributed by atoms with Crippen LogP contribution < -0.4 is 10.1 Å². The zero-order valence-electron chi connectivity index (χ0n) is 19.4. The van der Waals surface area contributed by atoms with Gasteiger partial charge in [-0.1, -0.05) is 30.3 Å². The van der Waals surface area contributed by atoms with Crippen molar-refractivity contribution in [2.75, 3.05) is 7.11 Å². The number of benzene rings is 2. The van der Waals surface area contributed by atoms with Crippen molar-refractivity contribution in [3.8, 4) is 16.9 Å². The Morgan fingerprint density at radius 3 is 2.79 bits per heavy atom. The Morgan fingerprint density at radius 2 is 2.12 bits per heavy atom. The first-order valence-corrected chi connectivity index (χ1v) is 11.8. The number of nitrogens with zero attached hydrogens (tertiary/aromatic N) is 1. The molecular formula is C28H29FN2O3. The lowest BCUT2D eigenvalue weighted by Gasteiger charge is -2.22. The van der Waals surface area contributed by atoms with Crippen molar-refractivity contribution in [3.05, 3.63) is 82.9 Å². The smallest absolute Gasteiger partial charge is 0.307 e. The lowest BCUT2D eigenvalue weighted by molar-refractivity contribution is -0.138. The molecule has 5 rings (SSSR count). The number of ether oxygens (including phenoxy) is 1. The third kappa shape index (κ3) is 4.30. The van der Waals surface area contributed by atoms with Crippen LogP contribution in [0.15, 0.2) is 54.7 Å². The summed E-state index contributed by atoms with van der Waals surface area (Å²) in [6.07, 6.45) is 4.56. The van der Waals surface area contributed by atoms with Gasteiger partial charge in [0.1, 0.15) is 0 Å². The summed E-state index contributed by atoms with van der Waals surface area (Å²) < 4.78 is 19.4. The fourth-order valence-corrected chi connectivity index (χ4v) is 5.29. The predicted octanol–water partition coefficient (Wildman–Crippen LogP) is 5.29. The van der Waals surface area contributed by atoms with Crippen LogP contribution >= 0.6 is 0 Å². The molecule has 0 saturated heterocycles. The molecule has 5 nitrogen and oxygen atoms in total. The van der Waals surface area contributed by atoms with E-state index in [0.717, 1.165) is 35.2 Å². The molecule has 176 valence electrons. The largest absolute Gasteiger partial charge is 0.494 e. The van der Waals surface area contributed by atoms with Gasteiger partial charge in [0.15, 0.2) is 11.6 Å². The molecule has 1 fully saturated rings. The minimum Gasteiger partial charge on any atom is -0.494 e. The van der Waals surface area contributed by atoms with Gasteiger partial charge in [-0.05, 0) is 78.1 Å². The van der Waals surface area contributed by atoms with Gasteiger partial charge >= 0.3 is 5.97 Å². The lowest BCUT2D eigenvalue weighted by atomic mass is 9.91. The maximum absolute atomic E-state index is 14.3. The zero-order valence-corrected chi connectivity index (χ0v) is 19.4. The van der Waals surface area contributed by atoms with Gasteiger partial charge in [0.2, 0.25) is 0 Å². The van der Waals surface area contributed by atoms with Crippen LogP contribution in [0.1, 0.15) is 54.0 Å². The molecule has 6 heteroatoms. The van der Waals surface area contributed by atoms with Crippen LogP contribution in [0.2, 0.25) is 0 Å². The van der Waals surface area contributed by atoms with E-state index >= 15 is 0 Å². The SMILES string of the molecule is COc1ccc(-c2cccc3c2CCC3[C@@H](C)NCc2ccc([C@@H]3C[C@H]3C(=O)O)nc2)cc1F. The molecule has 1 aromatic heterocycles. The average Bonchev–Trinajstić information content (AvgIpc) is 3.54. The Morgan fingerprint density at radius 1 is 1.26 bits per heavy atom. The number of halogens is 1. The second-order valence-electron chi connectivity index (χ2n) is 9.42. The molecule has 2 aliphatic carbocycles. The van der Waals surface area contributed by atoms with E-state index in [2.05, 4.69) is 35.4 Å². The molecule has 1 unspecified atom stereocenters. The fourth-order valence-electron chi connectivity index (χ4n) is 5.29. The number of carboxylic acids is 1. The first kappa shape index (κ1) is 22.5. The van der Waals surface area contributed by atoms with E-state index in [-0.39, 0.29) is 29.4 Å². The second-order valence-corrected chi connectivity index (χ2v) is 9.42. The molecule has 2 aromatic carbocycles. The molecule has 1 saturated carbocycles. The summed E-state index contributed by atoms with van der Waals surface area (Å²) in [7, 11) is 1.48. The van der Waals surface area contributed by atoms with E-state index in [1.54, 1.807) is 12.1 Å². The van der Waals surface area contributed by atoms with Crippen LogP contribution in [0.25, 0.3) is 11.1 Å². The van der Waals surface area contributed by atoms with Crippen molar-refractivity contribution in [3.63, 3.8) is 0 Å². The molecule has 3 aromatic rings. The van der Waals surface area contributed by atoms with Crippen LogP contribution in [0.5, 0.6) is 5.75 Å². The Bertz CT molecular complexity index is 1210. The molecule has 0 spiro atoms. The van der Waals surface area contributed by atoms with Gasteiger partial charge in [0.25, 0.3) is 0 Å². The third-order valence-electron chi connectivity index (χ3n) is 7.35. The number of hydrogen-bond acceptors (Lipinski definition) is 4. The van der Waals surface area contributed by atoms with E-state index in [4.69, 9.17) is 9.84 Å². The molecule has 0 bridgehead atoms. The Kier molecular flexibility index (Phi) is 6.09. The molecule has 2 N–H and O–H groups in total. The quantitative estimate of drug-likeness (QED) is 0.478. The summed E-state index contributed by atoms with van der Waals surface area (Å²) in [5.74, 6) is -0.660. The van der Waals surface area contributed by atoms with Crippen LogP contribution in [0.4, 0.5) is 4.39 Å². The van der Waals surface area contributed by atoms with Crippen LogP contribution in [0.3, 0.4) is 0 Å². The molecule has 0 amide bonds. The van der Waals surface area contributed by atoms with Gasteiger partial charge in [-0.2, -0.15) is 0 Å². The van der Waals surface area contributed by atoms with Gasteiger partial charge < -0.3 is 15.2 Å². The number of aromatic nitrogens is 1. The van der Waals surface area contributed by atoms with E-state index in [0.29, 0.717) is 18.9 Å². The predicted molar refractivity (Wildman–Crippen MR) is 128 cm³/mol. The minimum atomic E-state index is -0.733. The molecule has 1 heterocycles.